The van der Waals surface area contributed by atoms with E-state index in [9.17, 15) is 9.36 Å². The van der Waals surface area contributed by atoms with Gasteiger partial charge in [0.1, 0.15) is 6.54 Å². The lowest BCUT2D eigenvalue weighted by molar-refractivity contribution is -0.137. The van der Waals surface area contributed by atoms with Gasteiger partial charge < -0.3 is 15.7 Å². The number of aliphatic carboxylic acids is 1. The molecule has 0 saturated heterocycles. The van der Waals surface area contributed by atoms with Crippen molar-refractivity contribution in [2.45, 2.75) is 0 Å². The summed E-state index contributed by atoms with van der Waals surface area (Å²) in [6, 6.07) is 0. The van der Waals surface area contributed by atoms with Crippen LogP contribution in [0.2, 0.25) is 0 Å². The molecule has 3 N–H and O–H groups in total. The van der Waals surface area contributed by atoms with Crippen molar-refractivity contribution in [3.8, 4) is 0 Å². The zero-order valence-electron chi connectivity index (χ0n) is 8.71. The minimum absolute atomic E-state index is 0.232. The van der Waals surface area contributed by atoms with Gasteiger partial charge in [0.05, 0.1) is 0 Å². The van der Waals surface area contributed by atoms with Crippen LogP contribution in [0.25, 0.3) is 0 Å². The minimum atomic E-state index is -3.61. The van der Waals surface area contributed by atoms with Gasteiger partial charge >= 0.3 is 13.7 Å². The van der Waals surface area contributed by atoms with Gasteiger partial charge in [0.2, 0.25) is 5.96 Å². The van der Waals surface area contributed by atoms with Crippen molar-refractivity contribution < 1.29 is 23.5 Å². The van der Waals surface area contributed by atoms with Crippen molar-refractivity contribution in [2.75, 3.05) is 27.8 Å². The van der Waals surface area contributed by atoms with E-state index >= 15 is 0 Å². The van der Waals surface area contributed by atoms with Crippen molar-refractivity contribution in [3.63, 3.8) is 0 Å². The number of nitrogens with two attached hydrogens (primary N) is 1. The maximum absolute atomic E-state index is 11.5. The van der Waals surface area contributed by atoms with E-state index in [2.05, 4.69) is 13.8 Å². The van der Waals surface area contributed by atoms with Gasteiger partial charge in [0.25, 0.3) is 0 Å². The zero-order chi connectivity index (χ0) is 12.1. The number of hydrogen-bond acceptors (Lipinski definition) is 4. The number of carbonyl (C=O) groups is 1. The molecule has 88 valence electrons. The fraction of sp³-hybridized carbons (Fsp3) is 0.667. The fourth-order valence-electron chi connectivity index (χ4n) is 0.642. The highest BCUT2D eigenvalue weighted by molar-refractivity contribution is 7.52. The van der Waals surface area contributed by atoms with E-state index in [4.69, 9.17) is 10.8 Å². The molecule has 0 bridgehead atoms. The predicted octanol–water partition coefficient (Wildman–Crippen LogP) is -0.282. The Bertz CT molecular complexity index is 297. The van der Waals surface area contributed by atoms with E-state index in [1.54, 1.807) is 0 Å². The Balaban J connectivity index is 4.67. The summed E-state index contributed by atoms with van der Waals surface area (Å²) in [4.78, 5) is 11.4. The van der Waals surface area contributed by atoms with Gasteiger partial charge in [-0.3, -0.25) is 13.8 Å². The molecule has 0 heterocycles. The number of nitrogens with zero attached hydrogens (tertiary/aromatic N) is 2. The molecule has 0 amide bonds. The molecule has 0 spiro atoms. The van der Waals surface area contributed by atoms with Gasteiger partial charge in [-0.2, -0.15) is 0 Å². The van der Waals surface area contributed by atoms with Crippen LogP contribution in [0.1, 0.15) is 0 Å². The molecule has 0 aliphatic rings. The number of hydrogen-bond donors (Lipinski definition) is 2. The SMILES string of the molecule is COP(=O)(N=C(N)N(C)CC(=O)O)OC. The molecule has 0 aromatic heterocycles. The summed E-state index contributed by atoms with van der Waals surface area (Å²) in [5, 5.41) is 8.46. The monoisotopic (exact) mass is 239 g/mol. The van der Waals surface area contributed by atoms with Crippen LogP contribution < -0.4 is 5.73 Å². The van der Waals surface area contributed by atoms with Crippen molar-refractivity contribution in [2.24, 2.45) is 10.5 Å². The lowest BCUT2D eigenvalue weighted by atomic mass is 10.6. The highest BCUT2D eigenvalue weighted by Gasteiger charge is 2.21. The summed E-state index contributed by atoms with van der Waals surface area (Å²) in [5.41, 5.74) is 5.38. The summed E-state index contributed by atoms with van der Waals surface area (Å²) in [7, 11) is 0.0874. The molecule has 9 heteroatoms. The lowest BCUT2D eigenvalue weighted by Crippen LogP contribution is -2.37. The van der Waals surface area contributed by atoms with Gasteiger partial charge in [-0.25, -0.2) is 4.57 Å². The summed E-state index contributed by atoms with van der Waals surface area (Å²) in [6.45, 7) is -0.358. The molecule has 0 aromatic rings. The largest absolute Gasteiger partial charge is 0.480 e. The van der Waals surface area contributed by atoms with Crippen LogP contribution in [0.4, 0.5) is 0 Å². The zero-order valence-corrected chi connectivity index (χ0v) is 9.60. The summed E-state index contributed by atoms with van der Waals surface area (Å²) >= 11 is 0. The van der Waals surface area contributed by atoms with Gasteiger partial charge in [0.15, 0.2) is 0 Å². The molecular weight excluding hydrogens is 225 g/mol. The third kappa shape index (κ3) is 4.78. The second-order valence-corrected chi connectivity index (χ2v) is 4.41. The molecule has 0 aliphatic heterocycles. The second-order valence-electron chi connectivity index (χ2n) is 2.54. The molecule has 0 aliphatic carbocycles. The maximum atomic E-state index is 11.5. The Labute approximate surface area is 87.3 Å². The molecule has 8 nitrogen and oxygen atoms in total. The van der Waals surface area contributed by atoms with Crippen molar-refractivity contribution >= 4 is 19.7 Å². The van der Waals surface area contributed by atoms with E-state index in [1.165, 1.54) is 7.05 Å². The molecule has 0 rings (SSSR count). The number of likely N-dealkylation sites (N-methyl/N-ethyl adjacent to an activating group) is 1. The molecule has 0 aromatic carbocycles. The normalized spacial score (nSPS) is 12.6. The van der Waals surface area contributed by atoms with Crippen LogP contribution in [0.5, 0.6) is 0 Å². The van der Waals surface area contributed by atoms with Crippen LogP contribution in [-0.4, -0.2) is 49.7 Å². The van der Waals surface area contributed by atoms with Crippen molar-refractivity contribution in [3.05, 3.63) is 0 Å². The fourth-order valence-corrected chi connectivity index (χ4v) is 1.36. The van der Waals surface area contributed by atoms with E-state index in [-0.39, 0.29) is 12.5 Å². The maximum Gasteiger partial charge on any atom is 0.456 e. The first-order valence-electron chi connectivity index (χ1n) is 3.84. The molecular formula is C6H14N3O5P. The van der Waals surface area contributed by atoms with Gasteiger partial charge in [-0.1, -0.05) is 0 Å². The first-order valence-corrected chi connectivity index (χ1v) is 5.34. The van der Waals surface area contributed by atoms with Crippen LogP contribution in [0.15, 0.2) is 4.76 Å². The molecule has 0 radical (unpaired) electrons. The first kappa shape index (κ1) is 13.9. The average molecular weight is 239 g/mol. The summed E-state index contributed by atoms with van der Waals surface area (Å²) in [5.74, 6) is -1.32. The topological polar surface area (TPSA) is 114 Å². The first-order chi connectivity index (χ1) is 6.84. The Morgan fingerprint density at radius 3 is 2.33 bits per heavy atom. The van der Waals surface area contributed by atoms with E-state index in [1.807, 2.05) is 0 Å². The Morgan fingerprint density at radius 1 is 1.53 bits per heavy atom. The van der Waals surface area contributed by atoms with Gasteiger partial charge in [0, 0.05) is 21.3 Å². The minimum Gasteiger partial charge on any atom is -0.480 e. The van der Waals surface area contributed by atoms with Crippen LogP contribution in [-0.2, 0) is 18.4 Å². The molecule has 15 heavy (non-hydrogen) atoms. The Hall–Kier alpha value is -1.11. The third-order valence-corrected chi connectivity index (χ3v) is 2.82. The number of guanidine groups is 1. The Morgan fingerprint density at radius 2 is 2.00 bits per heavy atom. The van der Waals surface area contributed by atoms with Gasteiger partial charge in [-0.05, 0) is 0 Å². The molecule has 0 fully saturated rings. The summed E-state index contributed by atoms with van der Waals surface area (Å²) in [6.07, 6.45) is 0. The second kappa shape index (κ2) is 5.69. The predicted molar refractivity (Wildman–Crippen MR) is 53.5 cm³/mol. The molecule has 0 atom stereocenters. The quantitative estimate of drug-likeness (QED) is 0.385. The number of carboxylic acids is 1. The summed E-state index contributed by atoms with van der Waals surface area (Å²) < 4.78 is 23.9. The molecule has 0 saturated carbocycles. The van der Waals surface area contributed by atoms with E-state index < -0.39 is 13.7 Å². The van der Waals surface area contributed by atoms with Crippen LogP contribution in [0.3, 0.4) is 0 Å². The van der Waals surface area contributed by atoms with Crippen LogP contribution >= 0.6 is 7.75 Å². The lowest BCUT2D eigenvalue weighted by Gasteiger charge is -2.16. The smallest absolute Gasteiger partial charge is 0.456 e. The highest BCUT2D eigenvalue weighted by Crippen LogP contribution is 2.47. The Kier molecular flexibility index (Phi) is 5.27. The van der Waals surface area contributed by atoms with Crippen molar-refractivity contribution in [1.29, 1.82) is 0 Å². The average Bonchev–Trinajstić information content (AvgIpc) is 2.16. The third-order valence-electron chi connectivity index (χ3n) is 1.45. The van der Waals surface area contributed by atoms with E-state index in [0.717, 1.165) is 19.1 Å². The van der Waals surface area contributed by atoms with Crippen molar-refractivity contribution in [1.82, 2.24) is 4.90 Å². The van der Waals surface area contributed by atoms with Crippen LogP contribution in [0, 0.1) is 0 Å². The van der Waals surface area contributed by atoms with Gasteiger partial charge in [-0.15, -0.1) is 4.76 Å². The number of carboxylic acid groups (broad SMARTS) is 1. The number of rotatable bonds is 5. The highest BCUT2D eigenvalue weighted by atomic mass is 31.2. The standard InChI is InChI=1S/C6H14N3O5P/c1-9(4-5(10)11)6(7)8-15(12,13-2)14-3/h4H2,1-3H3,(H,10,11)(H2,7,8,12). The molecule has 0 unspecified atom stereocenters. The van der Waals surface area contributed by atoms with E-state index in [0.29, 0.717) is 0 Å².